The Bertz CT molecular complexity index is 1200. The highest BCUT2D eigenvalue weighted by molar-refractivity contribution is 7.90. The van der Waals surface area contributed by atoms with Crippen LogP contribution in [-0.4, -0.2) is 62.7 Å². The van der Waals surface area contributed by atoms with Crippen LogP contribution in [0, 0.1) is 13.8 Å². The van der Waals surface area contributed by atoms with E-state index in [4.69, 9.17) is 23.2 Å². The molecule has 0 bridgehead atoms. The highest BCUT2D eigenvalue weighted by Crippen LogP contribution is 2.27. The van der Waals surface area contributed by atoms with Crippen molar-refractivity contribution in [2.24, 2.45) is 0 Å². The van der Waals surface area contributed by atoms with E-state index in [1.165, 1.54) is 19.0 Å². The molecule has 0 heterocycles. The average Bonchev–Trinajstić information content (AvgIpc) is 2.81. The molecule has 8 nitrogen and oxygen atoms in total. The lowest BCUT2D eigenvalue weighted by molar-refractivity contribution is -0.139. The molecular formula is C25H34Cl2N4O4S. The summed E-state index contributed by atoms with van der Waals surface area (Å²) in [4.78, 5) is 27.9. The predicted octanol–water partition coefficient (Wildman–Crippen LogP) is 4.17. The summed E-state index contributed by atoms with van der Waals surface area (Å²) in [5.41, 5.74) is 2.52. The van der Waals surface area contributed by atoms with Gasteiger partial charge in [0.05, 0.1) is 5.69 Å². The molecular weight excluding hydrogens is 523 g/mol. The Balaban J connectivity index is 2.52. The number of amides is 2. The monoisotopic (exact) mass is 556 g/mol. The van der Waals surface area contributed by atoms with Crippen LogP contribution in [0.4, 0.5) is 5.69 Å². The molecule has 0 radical (unpaired) electrons. The van der Waals surface area contributed by atoms with Gasteiger partial charge in [0.25, 0.3) is 0 Å². The minimum atomic E-state index is -4.03. The summed E-state index contributed by atoms with van der Waals surface area (Å²) in [6.07, 6.45) is 0.733. The van der Waals surface area contributed by atoms with Gasteiger partial charge in [-0.25, -0.2) is 4.31 Å². The number of carbonyl (C=O) groups is 2. The molecule has 0 aliphatic heterocycles. The zero-order valence-electron chi connectivity index (χ0n) is 21.5. The van der Waals surface area contributed by atoms with Crippen molar-refractivity contribution in [3.05, 3.63) is 63.1 Å². The Hall–Kier alpha value is -2.33. The van der Waals surface area contributed by atoms with Gasteiger partial charge in [0.2, 0.25) is 11.8 Å². The number of hydrogen-bond acceptors (Lipinski definition) is 4. The van der Waals surface area contributed by atoms with E-state index in [1.54, 1.807) is 44.2 Å². The van der Waals surface area contributed by atoms with Crippen molar-refractivity contribution in [3.63, 3.8) is 0 Å². The van der Waals surface area contributed by atoms with Gasteiger partial charge < -0.3 is 10.2 Å². The number of carbonyl (C=O) groups excluding carboxylic acids is 2. The molecule has 1 atom stereocenters. The first-order valence-corrected chi connectivity index (χ1v) is 13.7. The third-order valence-corrected chi connectivity index (χ3v) is 8.12. The zero-order valence-corrected chi connectivity index (χ0v) is 23.8. The van der Waals surface area contributed by atoms with E-state index in [2.05, 4.69) is 5.32 Å². The number of anilines is 1. The minimum absolute atomic E-state index is 0.00179. The fourth-order valence-corrected chi connectivity index (χ4v) is 5.08. The Morgan fingerprint density at radius 1 is 1.06 bits per heavy atom. The van der Waals surface area contributed by atoms with Crippen LogP contribution >= 0.6 is 23.2 Å². The molecule has 2 aromatic carbocycles. The third kappa shape index (κ3) is 7.35. The van der Waals surface area contributed by atoms with Crippen LogP contribution in [0.1, 0.15) is 37.0 Å². The SMILES string of the molecule is CCCNC(=O)[C@H](C)N(Cc1ccc(Cl)cc1Cl)C(=O)CN(c1cc(C)ccc1C)S(=O)(=O)N(C)C. The first-order valence-electron chi connectivity index (χ1n) is 11.6. The van der Waals surface area contributed by atoms with Crippen LogP contribution in [-0.2, 0) is 26.3 Å². The van der Waals surface area contributed by atoms with Crippen LogP contribution in [0.3, 0.4) is 0 Å². The minimum Gasteiger partial charge on any atom is -0.354 e. The molecule has 0 unspecified atom stereocenters. The predicted molar refractivity (Wildman–Crippen MR) is 146 cm³/mol. The van der Waals surface area contributed by atoms with Crippen molar-refractivity contribution in [1.29, 1.82) is 0 Å². The molecule has 11 heteroatoms. The lowest BCUT2D eigenvalue weighted by atomic mass is 10.1. The summed E-state index contributed by atoms with van der Waals surface area (Å²) >= 11 is 12.4. The molecule has 2 amide bonds. The average molecular weight is 558 g/mol. The molecule has 0 aliphatic carbocycles. The topological polar surface area (TPSA) is 90.0 Å². The first-order chi connectivity index (χ1) is 16.8. The molecule has 0 fully saturated rings. The van der Waals surface area contributed by atoms with Crippen molar-refractivity contribution < 1.29 is 18.0 Å². The molecule has 0 spiro atoms. The summed E-state index contributed by atoms with van der Waals surface area (Å²) in [5.74, 6) is -0.893. The second-order valence-electron chi connectivity index (χ2n) is 8.81. The number of halogens is 2. The highest BCUT2D eigenvalue weighted by atomic mass is 35.5. The Kier molecular flexibility index (Phi) is 10.6. The van der Waals surface area contributed by atoms with Crippen molar-refractivity contribution in [3.8, 4) is 0 Å². The van der Waals surface area contributed by atoms with Crippen LogP contribution in [0.25, 0.3) is 0 Å². The van der Waals surface area contributed by atoms with E-state index in [0.29, 0.717) is 33.4 Å². The van der Waals surface area contributed by atoms with Gasteiger partial charge in [0, 0.05) is 37.2 Å². The van der Waals surface area contributed by atoms with Crippen LogP contribution in [0.5, 0.6) is 0 Å². The van der Waals surface area contributed by atoms with E-state index in [9.17, 15) is 18.0 Å². The molecule has 1 N–H and O–H groups in total. The Morgan fingerprint density at radius 3 is 2.31 bits per heavy atom. The van der Waals surface area contributed by atoms with Gasteiger partial charge >= 0.3 is 10.2 Å². The van der Waals surface area contributed by atoms with E-state index in [0.717, 1.165) is 20.6 Å². The van der Waals surface area contributed by atoms with Crippen molar-refractivity contribution >= 4 is 50.9 Å². The van der Waals surface area contributed by atoms with Gasteiger partial charge in [0.1, 0.15) is 12.6 Å². The maximum Gasteiger partial charge on any atom is 0.304 e. The summed E-state index contributed by atoms with van der Waals surface area (Å²) in [7, 11) is -1.22. The van der Waals surface area contributed by atoms with Gasteiger partial charge in [-0.1, -0.05) is 48.3 Å². The van der Waals surface area contributed by atoms with Crippen LogP contribution in [0.2, 0.25) is 10.0 Å². The second-order valence-corrected chi connectivity index (χ2v) is 11.7. The van der Waals surface area contributed by atoms with Crippen molar-refractivity contribution in [2.45, 2.75) is 46.7 Å². The maximum absolute atomic E-state index is 13.7. The second kappa shape index (κ2) is 12.8. The number of aryl methyl sites for hydroxylation is 2. The number of benzene rings is 2. The van der Waals surface area contributed by atoms with Gasteiger partial charge in [-0.15, -0.1) is 0 Å². The van der Waals surface area contributed by atoms with Crippen molar-refractivity contribution in [1.82, 2.24) is 14.5 Å². The van der Waals surface area contributed by atoms with E-state index in [1.807, 2.05) is 19.9 Å². The standard InChI is InChI=1S/C25H34Cl2N4O4S/c1-7-12-28-25(33)19(4)30(15-20-10-11-21(26)14-22(20)27)24(32)16-31(36(34,35)29(5)6)23-13-17(2)8-9-18(23)3/h8-11,13-14,19H,7,12,15-16H2,1-6H3,(H,28,33)/t19-/m0/s1. The quantitative estimate of drug-likeness (QED) is 0.449. The number of rotatable bonds is 11. The van der Waals surface area contributed by atoms with Crippen LogP contribution in [0.15, 0.2) is 36.4 Å². The molecule has 2 aromatic rings. The Morgan fingerprint density at radius 2 is 1.72 bits per heavy atom. The van der Waals surface area contributed by atoms with E-state index >= 15 is 0 Å². The summed E-state index contributed by atoms with van der Waals surface area (Å²) in [6, 6.07) is 9.41. The van der Waals surface area contributed by atoms with E-state index in [-0.39, 0.29) is 12.5 Å². The number of hydrogen-bond donors (Lipinski definition) is 1. The fraction of sp³-hybridized carbons (Fsp3) is 0.440. The first kappa shape index (κ1) is 29.9. The largest absolute Gasteiger partial charge is 0.354 e. The normalized spacial score (nSPS) is 12.4. The van der Waals surface area contributed by atoms with Gasteiger partial charge in [-0.3, -0.25) is 9.59 Å². The molecule has 0 saturated heterocycles. The van der Waals surface area contributed by atoms with Gasteiger partial charge in [0.15, 0.2) is 0 Å². The molecule has 2 rings (SSSR count). The number of nitrogens with one attached hydrogen (secondary N) is 1. The van der Waals surface area contributed by atoms with Crippen LogP contribution < -0.4 is 9.62 Å². The molecule has 0 aliphatic rings. The fourth-order valence-electron chi connectivity index (χ4n) is 3.50. The molecule has 0 saturated carbocycles. The number of nitrogens with zero attached hydrogens (tertiary/aromatic N) is 3. The molecule has 36 heavy (non-hydrogen) atoms. The lowest BCUT2D eigenvalue weighted by Gasteiger charge is -2.33. The molecule has 0 aromatic heterocycles. The maximum atomic E-state index is 13.7. The van der Waals surface area contributed by atoms with Gasteiger partial charge in [-0.05, 0) is 62.1 Å². The Labute approximate surface area is 224 Å². The lowest BCUT2D eigenvalue weighted by Crippen LogP contribution is -2.52. The van der Waals surface area contributed by atoms with E-state index < -0.39 is 28.7 Å². The third-order valence-electron chi connectivity index (χ3n) is 5.72. The summed E-state index contributed by atoms with van der Waals surface area (Å²) in [5, 5.41) is 3.58. The molecule has 198 valence electrons. The highest BCUT2D eigenvalue weighted by Gasteiger charge is 2.33. The zero-order chi connectivity index (χ0) is 27.2. The smallest absolute Gasteiger partial charge is 0.304 e. The summed E-state index contributed by atoms with van der Waals surface area (Å²) < 4.78 is 28.8. The summed E-state index contributed by atoms with van der Waals surface area (Å²) in [6.45, 7) is 7.12. The van der Waals surface area contributed by atoms with Gasteiger partial charge in [-0.2, -0.15) is 12.7 Å². The van der Waals surface area contributed by atoms with Crippen molar-refractivity contribution in [2.75, 3.05) is 31.5 Å².